The molecule has 0 bridgehead atoms. The number of hydrogen-bond acceptors (Lipinski definition) is 3. The summed E-state index contributed by atoms with van der Waals surface area (Å²) in [6.45, 7) is 1.84. The molecule has 88 valence electrons. The van der Waals surface area contributed by atoms with Crippen LogP contribution in [0.5, 0.6) is 0 Å². The van der Waals surface area contributed by atoms with Crippen molar-refractivity contribution in [3.8, 4) is 0 Å². The number of H-pyrrole nitrogens is 1. The van der Waals surface area contributed by atoms with Crippen LogP contribution in [-0.4, -0.2) is 17.6 Å². The molecule has 4 nitrogen and oxygen atoms in total. The standard InChI is InChI=1S/C10H11F2NO3/c1-2-16-9(15)4-6-3-7(14)5-8(13-6)10(11)12/h3,5,10H,2,4H2,1H3,(H,13,14). The van der Waals surface area contributed by atoms with Gasteiger partial charge in [0.15, 0.2) is 5.43 Å². The lowest BCUT2D eigenvalue weighted by Crippen LogP contribution is -2.13. The highest BCUT2D eigenvalue weighted by Gasteiger charge is 2.11. The van der Waals surface area contributed by atoms with Crippen molar-refractivity contribution in [1.29, 1.82) is 0 Å². The Hall–Kier alpha value is -1.72. The van der Waals surface area contributed by atoms with E-state index < -0.39 is 23.5 Å². The van der Waals surface area contributed by atoms with Gasteiger partial charge < -0.3 is 9.72 Å². The first-order valence-corrected chi connectivity index (χ1v) is 4.70. The summed E-state index contributed by atoms with van der Waals surface area (Å²) >= 11 is 0. The summed E-state index contributed by atoms with van der Waals surface area (Å²) in [6.07, 6.45) is -2.99. The van der Waals surface area contributed by atoms with Crippen LogP contribution < -0.4 is 5.43 Å². The molecule has 0 aromatic carbocycles. The van der Waals surface area contributed by atoms with Crippen LogP contribution in [0, 0.1) is 0 Å². The van der Waals surface area contributed by atoms with Gasteiger partial charge in [-0.2, -0.15) is 0 Å². The lowest BCUT2D eigenvalue weighted by molar-refractivity contribution is -0.142. The fourth-order valence-electron chi connectivity index (χ4n) is 1.20. The third kappa shape index (κ3) is 3.45. The molecule has 0 aliphatic carbocycles. The van der Waals surface area contributed by atoms with E-state index in [2.05, 4.69) is 9.72 Å². The monoisotopic (exact) mass is 231 g/mol. The largest absolute Gasteiger partial charge is 0.466 e. The van der Waals surface area contributed by atoms with E-state index in [1.54, 1.807) is 6.92 Å². The van der Waals surface area contributed by atoms with Crippen LogP contribution in [0.3, 0.4) is 0 Å². The Bertz CT molecular complexity index is 428. The first-order chi connectivity index (χ1) is 7.52. The van der Waals surface area contributed by atoms with Gasteiger partial charge >= 0.3 is 5.97 Å². The number of aromatic amines is 1. The molecule has 0 saturated carbocycles. The molecule has 0 radical (unpaired) electrons. The third-order valence-corrected chi connectivity index (χ3v) is 1.79. The van der Waals surface area contributed by atoms with Gasteiger partial charge in [0.1, 0.15) is 0 Å². The van der Waals surface area contributed by atoms with Crippen molar-refractivity contribution in [2.24, 2.45) is 0 Å². The molecule has 0 spiro atoms. The van der Waals surface area contributed by atoms with Crippen LogP contribution in [0.1, 0.15) is 24.7 Å². The summed E-state index contributed by atoms with van der Waals surface area (Å²) in [7, 11) is 0. The normalized spacial score (nSPS) is 10.5. The maximum atomic E-state index is 12.3. The quantitative estimate of drug-likeness (QED) is 0.797. The van der Waals surface area contributed by atoms with Crippen molar-refractivity contribution >= 4 is 5.97 Å². The number of pyridine rings is 1. The van der Waals surface area contributed by atoms with Crippen LogP contribution in [0.25, 0.3) is 0 Å². The summed E-state index contributed by atoms with van der Waals surface area (Å²) < 4.78 is 29.3. The fourth-order valence-corrected chi connectivity index (χ4v) is 1.20. The van der Waals surface area contributed by atoms with E-state index in [-0.39, 0.29) is 18.7 Å². The number of hydrogen-bond donors (Lipinski definition) is 1. The van der Waals surface area contributed by atoms with Crippen molar-refractivity contribution in [2.45, 2.75) is 19.8 Å². The number of carbonyl (C=O) groups excluding carboxylic acids is 1. The Labute approximate surface area is 90.2 Å². The van der Waals surface area contributed by atoms with E-state index in [9.17, 15) is 18.4 Å². The number of alkyl halides is 2. The van der Waals surface area contributed by atoms with Gasteiger partial charge in [-0.1, -0.05) is 0 Å². The Morgan fingerprint density at radius 3 is 2.75 bits per heavy atom. The summed E-state index contributed by atoms with van der Waals surface area (Å²) in [5.74, 6) is -0.565. The highest BCUT2D eigenvalue weighted by molar-refractivity contribution is 5.71. The Morgan fingerprint density at radius 1 is 1.50 bits per heavy atom. The molecule has 1 aromatic heterocycles. The molecule has 0 aliphatic heterocycles. The molecule has 0 fully saturated rings. The van der Waals surface area contributed by atoms with Gasteiger partial charge in [-0.05, 0) is 6.92 Å². The highest BCUT2D eigenvalue weighted by Crippen LogP contribution is 2.14. The van der Waals surface area contributed by atoms with Crippen molar-refractivity contribution in [2.75, 3.05) is 6.61 Å². The Morgan fingerprint density at radius 2 is 2.19 bits per heavy atom. The van der Waals surface area contributed by atoms with Crippen LogP contribution in [0.2, 0.25) is 0 Å². The number of carbonyl (C=O) groups is 1. The predicted octanol–water partition coefficient (Wildman–Crippen LogP) is 1.42. The first kappa shape index (κ1) is 12.4. The van der Waals surface area contributed by atoms with Crippen molar-refractivity contribution in [1.82, 2.24) is 4.98 Å². The smallest absolute Gasteiger partial charge is 0.311 e. The molecule has 0 unspecified atom stereocenters. The van der Waals surface area contributed by atoms with E-state index in [0.29, 0.717) is 0 Å². The fraction of sp³-hybridized carbons (Fsp3) is 0.400. The zero-order chi connectivity index (χ0) is 12.1. The van der Waals surface area contributed by atoms with Crippen LogP contribution >= 0.6 is 0 Å². The number of halogens is 2. The summed E-state index contributed by atoms with van der Waals surface area (Å²) in [6, 6.07) is 1.90. The molecule has 1 rings (SSSR count). The maximum Gasteiger partial charge on any atom is 0.311 e. The van der Waals surface area contributed by atoms with E-state index in [4.69, 9.17) is 0 Å². The van der Waals surface area contributed by atoms with Gasteiger partial charge in [0.05, 0.1) is 18.7 Å². The number of nitrogens with one attached hydrogen (secondary N) is 1. The topological polar surface area (TPSA) is 59.2 Å². The zero-order valence-electron chi connectivity index (χ0n) is 8.63. The average molecular weight is 231 g/mol. The first-order valence-electron chi connectivity index (χ1n) is 4.70. The van der Waals surface area contributed by atoms with Gasteiger partial charge in [-0.25, -0.2) is 8.78 Å². The number of aromatic nitrogens is 1. The maximum absolute atomic E-state index is 12.3. The second-order valence-electron chi connectivity index (χ2n) is 3.08. The van der Waals surface area contributed by atoms with E-state index in [1.807, 2.05) is 0 Å². The van der Waals surface area contributed by atoms with Gasteiger partial charge in [0.2, 0.25) is 0 Å². The minimum atomic E-state index is -2.77. The Balaban J connectivity index is 2.88. The molecule has 1 aromatic rings. The van der Waals surface area contributed by atoms with Crippen molar-refractivity contribution < 1.29 is 18.3 Å². The summed E-state index contributed by atoms with van der Waals surface area (Å²) in [4.78, 5) is 24.4. The van der Waals surface area contributed by atoms with Gasteiger partial charge in [0, 0.05) is 17.8 Å². The summed E-state index contributed by atoms with van der Waals surface area (Å²) in [5.41, 5.74) is -0.929. The number of esters is 1. The van der Waals surface area contributed by atoms with Crippen LogP contribution in [-0.2, 0) is 16.0 Å². The number of ether oxygens (including phenoxy) is 1. The van der Waals surface area contributed by atoms with Crippen LogP contribution in [0.4, 0.5) is 8.78 Å². The SMILES string of the molecule is CCOC(=O)Cc1cc(=O)cc(C(F)F)[nH]1. The van der Waals surface area contributed by atoms with E-state index in [0.717, 1.165) is 12.1 Å². The minimum absolute atomic E-state index is 0.126. The van der Waals surface area contributed by atoms with Gasteiger partial charge in [-0.3, -0.25) is 9.59 Å². The molecule has 0 amide bonds. The van der Waals surface area contributed by atoms with Gasteiger partial charge in [-0.15, -0.1) is 0 Å². The Kier molecular flexibility index (Phi) is 4.16. The second-order valence-corrected chi connectivity index (χ2v) is 3.08. The minimum Gasteiger partial charge on any atom is -0.466 e. The molecule has 0 aliphatic rings. The molecular formula is C10H11F2NO3. The molecular weight excluding hydrogens is 220 g/mol. The van der Waals surface area contributed by atoms with Gasteiger partial charge in [0.25, 0.3) is 6.43 Å². The van der Waals surface area contributed by atoms with E-state index in [1.165, 1.54) is 0 Å². The van der Waals surface area contributed by atoms with Crippen molar-refractivity contribution in [3.05, 3.63) is 33.7 Å². The second kappa shape index (κ2) is 5.39. The lowest BCUT2D eigenvalue weighted by Gasteiger charge is -2.05. The summed E-state index contributed by atoms with van der Waals surface area (Å²) in [5, 5.41) is 0. The molecule has 0 atom stereocenters. The average Bonchev–Trinajstić information content (AvgIpc) is 2.16. The predicted molar refractivity (Wildman–Crippen MR) is 52.4 cm³/mol. The molecule has 1 N–H and O–H groups in total. The van der Waals surface area contributed by atoms with Crippen LogP contribution in [0.15, 0.2) is 16.9 Å². The number of rotatable bonds is 4. The zero-order valence-corrected chi connectivity index (χ0v) is 8.63. The molecule has 1 heterocycles. The van der Waals surface area contributed by atoms with E-state index >= 15 is 0 Å². The highest BCUT2D eigenvalue weighted by atomic mass is 19.3. The van der Waals surface area contributed by atoms with Crippen molar-refractivity contribution in [3.63, 3.8) is 0 Å². The molecule has 6 heteroatoms. The lowest BCUT2D eigenvalue weighted by atomic mass is 10.2. The molecule has 16 heavy (non-hydrogen) atoms. The molecule has 0 saturated heterocycles. The third-order valence-electron chi connectivity index (χ3n) is 1.79.